The minimum Gasteiger partial charge on any atom is -0.394 e. The molecule has 9 nitrogen and oxygen atoms in total. The fraction of sp³-hybridized carbons (Fsp3) is 0.930. The normalized spacial score (nSPS) is 12.5. The van der Waals surface area contributed by atoms with Crippen LogP contribution in [0.4, 0.5) is 0 Å². The molecule has 0 aliphatic rings. The van der Waals surface area contributed by atoms with Gasteiger partial charge in [0.2, 0.25) is 0 Å². The number of unbranched alkanes of at least 4 members (excludes halogenated alkanes) is 28. The van der Waals surface area contributed by atoms with Crippen molar-refractivity contribution in [3.05, 3.63) is 24.3 Å². The fourth-order valence-electron chi connectivity index (χ4n) is 8.47. The first-order chi connectivity index (χ1) is 33.5. The molecule has 0 amide bonds. The van der Waals surface area contributed by atoms with Crippen LogP contribution >= 0.6 is 22.5 Å². The number of hydrogen-bond donors (Lipinski definition) is 3. The lowest BCUT2D eigenvalue weighted by Gasteiger charge is -2.33. The van der Waals surface area contributed by atoms with E-state index < -0.39 is 0 Å². The van der Waals surface area contributed by atoms with E-state index in [1.54, 1.807) is 0 Å². The predicted octanol–water partition coefficient (Wildman–Crippen LogP) is 15.3. The fourth-order valence-corrected chi connectivity index (χ4v) is 8.47. The van der Waals surface area contributed by atoms with Crippen LogP contribution in [-0.4, -0.2) is 127 Å². The Balaban J connectivity index is 0. The van der Waals surface area contributed by atoms with E-state index >= 15 is 0 Å². The quantitative estimate of drug-likeness (QED) is 0.0182. The number of aliphatic hydroxyl groups is 2. The van der Waals surface area contributed by atoms with Crippen LogP contribution < -0.4 is 0 Å². The zero-order valence-electron chi connectivity index (χ0n) is 45.3. The van der Waals surface area contributed by atoms with Gasteiger partial charge in [-0.15, -0.1) is 0 Å². The molecule has 408 valence electrons. The van der Waals surface area contributed by atoms with Crippen molar-refractivity contribution in [2.45, 2.75) is 245 Å². The zero-order valence-corrected chi connectivity index (χ0v) is 47.0. The monoisotopic (exact) mass is 1010 g/mol. The molecule has 0 aliphatic carbocycles. The molecule has 0 heterocycles. The molecule has 0 fully saturated rings. The summed E-state index contributed by atoms with van der Waals surface area (Å²) in [7, 11) is 9.05. The number of ether oxygens (including phenoxy) is 6. The first kappa shape index (κ1) is 69.8. The van der Waals surface area contributed by atoms with Gasteiger partial charge >= 0.3 is 0 Å². The topological polar surface area (TPSA) is 95.8 Å². The van der Waals surface area contributed by atoms with E-state index in [1.807, 2.05) is 0 Å². The summed E-state index contributed by atoms with van der Waals surface area (Å²) in [5.74, 6) is 0. The minimum atomic E-state index is -0.297. The summed E-state index contributed by atoms with van der Waals surface area (Å²) in [5.41, 5.74) is 0. The molecule has 11 heteroatoms. The molecule has 0 rings (SSSR count). The van der Waals surface area contributed by atoms with Gasteiger partial charge < -0.3 is 43.1 Å². The van der Waals surface area contributed by atoms with Gasteiger partial charge in [0.15, 0.2) is 6.29 Å². The van der Waals surface area contributed by atoms with Gasteiger partial charge in [-0.05, 0) is 101 Å². The Hall–Kier alpha value is -0.240. The molecule has 0 aromatic rings. The predicted molar refractivity (Wildman–Crippen MR) is 295 cm³/mol. The van der Waals surface area contributed by atoms with Crippen LogP contribution in [0.25, 0.3) is 0 Å². The molecule has 0 saturated heterocycles. The Morgan fingerprint density at radius 2 is 0.794 bits per heavy atom. The highest BCUT2D eigenvalue weighted by molar-refractivity contribution is 8.05. The highest BCUT2D eigenvalue weighted by Gasteiger charge is 2.23. The Kier molecular flexibility index (Phi) is 62.7. The summed E-state index contributed by atoms with van der Waals surface area (Å²) in [6.45, 7) is 11.5. The number of thiol groups is 1. The van der Waals surface area contributed by atoms with Crippen molar-refractivity contribution in [2.75, 3.05) is 99.9 Å². The van der Waals surface area contributed by atoms with Gasteiger partial charge in [-0.1, -0.05) is 178 Å². The summed E-state index contributed by atoms with van der Waals surface area (Å²) in [6, 6.07) is 0. The minimum absolute atomic E-state index is 0.0115. The van der Waals surface area contributed by atoms with E-state index in [4.69, 9.17) is 38.6 Å². The lowest BCUT2D eigenvalue weighted by Crippen LogP contribution is -2.48. The number of halogens is 1. The number of aliphatic hydroxyl groups excluding tert-OH is 2. The molecule has 1 unspecified atom stereocenters. The molecule has 0 radical (unpaired) electrons. The summed E-state index contributed by atoms with van der Waals surface area (Å²) in [6.07, 6.45) is 53.2. The summed E-state index contributed by atoms with van der Waals surface area (Å²) < 4.78 is 36.4. The Bertz CT molecular complexity index is 966. The van der Waals surface area contributed by atoms with Crippen molar-refractivity contribution in [3.63, 3.8) is 0 Å². The van der Waals surface area contributed by atoms with Gasteiger partial charge in [-0.25, -0.2) is 0 Å². The van der Waals surface area contributed by atoms with Crippen LogP contribution in [0.5, 0.6) is 0 Å². The Labute approximate surface area is 432 Å². The third-order valence-corrected chi connectivity index (χ3v) is 12.5. The molecule has 0 spiro atoms. The van der Waals surface area contributed by atoms with Gasteiger partial charge in [0, 0.05) is 13.2 Å². The molecule has 0 saturated carbocycles. The second-order valence-corrected chi connectivity index (χ2v) is 19.7. The van der Waals surface area contributed by atoms with Gasteiger partial charge in [-0.3, -0.25) is 0 Å². The van der Waals surface area contributed by atoms with Gasteiger partial charge in [0.05, 0.1) is 80.1 Å². The molecule has 68 heavy (non-hydrogen) atoms. The maximum absolute atomic E-state index is 8.94. The van der Waals surface area contributed by atoms with Crippen LogP contribution in [0.2, 0.25) is 0 Å². The van der Waals surface area contributed by atoms with E-state index in [-0.39, 0.29) is 25.6 Å². The summed E-state index contributed by atoms with van der Waals surface area (Å²) in [5, 5.41) is 17.9. The van der Waals surface area contributed by atoms with Gasteiger partial charge in [0.1, 0.15) is 12.6 Å². The van der Waals surface area contributed by atoms with Crippen molar-refractivity contribution >= 4 is 22.5 Å². The second kappa shape index (κ2) is 61.1. The van der Waals surface area contributed by atoms with Crippen molar-refractivity contribution in [2.24, 2.45) is 0 Å². The van der Waals surface area contributed by atoms with Crippen molar-refractivity contribution in [3.8, 4) is 0 Å². The maximum Gasteiger partial charge on any atom is 0.157 e. The lowest BCUT2D eigenvalue weighted by molar-refractivity contribution is -0.893. The van der Waals surface area contributed by atoms with Gasteiger partial charge in [-0.2, -0.15) is 0 Å². The molecule has 0 bridgehead atoms. The van der Waals surface area contributed by atoms with Gasteiger partial charge in [0.25, 0.3) is 0 Å². The first-order valence-corrected chi connectivity index (χ1v) is 29.9. The molecular weight excluding hydrogens is 894 g/mol. The average molecular weight is 1010 g/mol. The molecule has 1 atom stereocenters. The molecule has 0 aromatic carbocycles. The maximum atomic E-state index is 8.94. The van der Waals surface area contributed by atoms with Crippen LogP contribution in [-0.2, 0) is 28.4 Å². The van der Waals surface area contributed by atoms with E-state index in [0.717, 1.165) is 62.9 Å². The number of rotatable bonds is 57. The Morgan fingerprint density at radius 3 is 1.24 bits per heavy atom. The molecule has 0 aliphatic heterocycles. The Morgan fingerprint density at radius 1 is 0.412 bits per heavy atom. The first-order valence-electron chi connectivity index (χ1n) is 28.6. The number of likely N-dealkylation sites (N-methyl/N-ethyl adjacent to an activating group) is 1. The zero-order chi connectivity index (χ0) is 50.0. The van der Waals surface area contributed by atoms with Crippen molar-refractivity contribution in [1.82, 2.24) is 0 Å². The summed E-state index contributed by atoms with van der Waals surface area (Å²) in [4.78, 5) is 0. The number of nitrogens with zero attached hydrogens (tertiary/aromatic N) is 1. The van der Waals surface area contributed by atoms with Crippen molar-refractivity contribution in [1.29, 1.82) is 0 Å². The standard InChI is InChI=1S/C57H114NO8.ClHS/c1-5-7-9-11-13-15-17-19-21-23-25-27-29-31-36-40-46-63-55-56(64-47-41-37-32-30-28-26-24-22-20-18-16-14-12-10-8-6-2)54-58(3,4)43-39-35-33-34-38-42-57(65-52-50-61-48-44-59)66-53-51-62-49-45-60;1-2/h19-22,56-57,59-60H,5-18,23-55H2,1-4H3;2H/q+1;/b21-19-,22-20-;. The molecule has 2 N–H and O–H groups in total. The third-order valence-electron chi connectivity index (χ3n) is 12.5. The lowest BCUT2D eigenvalue weighted by atomic mass is 10.1. The smallest absolute Gasteiger partial charge is 0.157 e. The third kappa shape index (κ3) is 58.3. The van der Waals surface area contributed by atoms with Crippen LogP contribution in [0.15, 0.2) is 24.3 Å². The number of hydrogen-bond acceptors (Lipinski definition) is 9. The van der Waals surface area contributed by atoms with Crippen LogP contribution in [0, 0.1) is 0 Å². The number of quaternary nitrogens is 1. The van der Waals surface area contributed by atoms with Crippen LogP contribution in [0.1, 0.15) is 232 Å². The van der Waals surface area contributed by atoms with E-state index in [0.29, 0.717) is 46.2 Å². The largest absolute Gasteiger partial charge is 0.394 e. The molecule has 0 aromatic heterocycles. The van der Waals surface area contributed by atoms with E-state index in [1.165, 1.54) is 186 Å². The van der Waals surface area contributed by atoms with E-state index in [9.17, 15) is 0 Å². The average Bonchev–Trinajstić information content (AvgIpc) is 3.34. The van der Waals surface area contributed by atoms with Crippen LogP contribution in [0.3, 0.4) is 0 Å². The second-order valence-electron chi connectivity index (χ2n) is 19.7. The highest BCUT2D eigenvalue weighted by Crippen LogP contribution is 2.16. The van der Waals surface area contributed by atoms with E-state index in [2.05, 4.69) is 74.8 Å². The SMILES string of the molecule is CCCCCCCC/C=C\CCCCCCCCOCC(C[N+](C)(C)CCCCCCCC(OCCOCCO)OCCOCCO)OCCCCCCCC/C=C\CCCCCCCC.SCl. The number of allylic oxidation sites excluding steroid dienone is 4. The summed E-state index contributed by atoms with van der Waals surface area (Å²) >= 11 is 3.00. The van der Waals surface area contributed by atoms with Crippen molar-refractivity contribution < 1.29 is 43.1 Å². The highest BCUT2D eigenvalue weighted by atomic mass is 35.7. The molecular formula is C57H115ClNO8S+.